The number of hydrogen-bond acceptors (Lipinski definition) is 3. The number of halogens is 1. The maximum Gasteiger partial charge on any atom is -0.0134 e. The first-order valence-electron chi connectivity index (χ1n) is 19.8. The summed E-state index contributed by atoms with van der Waals surface area (Å²) in [5.74, 6) is -0.826. The molecule has 5 nitrogen and oxygen atoms in total. The maximum absolute atomic E-state index is 12.2. The van der Waals surface area contributed by atoms with Gasteiger partial charge in [-0.2, -0.15) is 5.26 Å². The summed E-state index contributed by atoms with van der Waals surface area (Å²) >= 11 is 1.82. The summed E-state index contributed by atoms with van der Waals surface area (Å²) in [5.41, 5.74) is 8.13. The third kappa shape index (κ3) is 15.5. The number of nitrogens with zero attached hydrogens (tertiary/aromatic N) is 1. The molecule has 0 heterocycles. The number of allylic oxidation sites excluding steroid dienone is 2. The van der Waals surface area contributed by atoms with E-state index in [1.807, 2.05) is 17.3 Å². The van der Waals surface area contributed by atoms with Crippen LogP contribution >= 0.6 is 25.5 Å². The number of ketones is 2. The predicted octanol–water partition coefficient (Wildman–Crippen LogP) is 11.5. The van der Waals surface area contributed by atoms with E-state index < -0.39 is 21.6 Å². The minimum atomic E-state index is -0.533. The zero-order valence-corrected chi connectivity index (χ0v) is 38.9. The van der Waals surface area contributed by atoms with Gasteiger partial charge in [-0.1, -0.05) is 243 Å². The molecule has 1 N–H and O–H groups in total. The van der Waals surface area contributed by atoms with E-state index in [1.54, 1.807) is 66.7 Å². The molecule has 0 radical (unpaired) electrons. The van der Waals surface area contributed by atoms with Crippen molar-refractivity contribution in [1.82, 2.24) is 0 Å². The third-order valence-corrected chi connectivity index (χ3v) is 14.1. The number of benzene rings is 8. The number of carbonyl (C=O) groups is 2. The Labute approximate surface area is 393 Å². The van der Waals surface area contributed by atoms with Crippen LogP contribution in [-0.2, 0) is 22.0 Å². The summed E-state index contributed by atoms with van der Waals surface area (Å²) in [6.07, 6.45) is -0.272. The van der Waals surface area contributed by atoms with E-state index in [9.17, 15) is 9.59 Å². The van der Waals surface area contributed by atoms with Gasteiger partial charge in [0.05, 0.1) is 5.57 Å². The fraction of sp³-hybridized carbons (Fsp3) is 0.0182. The molecule has 8 aromatic rings. The Bertz CT molecular complexity index is 2350. The van der Waals surface area contributed by atoms with Crippen LogP contribution < -0.4 is 31.8 Å². The van der Waals surface area contributed by atoms with Gasteiger partial charge >= 0.3 is 38.3 Å². The average molecular weight is 978 g/mol. The topological polar surface area (TPSA) is 102 Å². The summed E-state index contributed by atoms with van der Waals surface area (Å²) in [5, 5.41) is 17.5. The summed E-state index contributed by atoms with van der Waals surface area (Å²) in [7, 11) is 3.68. The maximum atomic E-state index is 12.2. The molecule has 0 spiro atoms. The summed E-state index contributed by atoms with van der Waals surface area (Å²) < 4.78 is 7.50. The molecular weight excluding hydrogens is 935 g/mol. The second kappa shape index (κ2) is 29.1. The van der Waals surface area contributed by atoms with Gasteiger partial charge in [0.25, 0.3) is 0 Å². The Morgan fingerprint density at radius 3 is 0.906 bits per heavy atom. The number of Topliss-reactive ketones (excluding diaryl/α,β-unsaturated/α-hetero) is 2. The van der Waals surface area contributed by atoms with Crippen LogP contribution in [0.3, 0.4) is 0 Å². The first-order chi connectivity index (χ1) is 31.5. The molecular formula is C55H43ClN2O3P2Ru. The number of rotatable bonds is 11. The largest absolute Gasteiger partial charge is 0.0622 e. The van der Waals surface area contributed by atoms with Crippen molar-refractivity contribution in [3.63, 3.8) is 0 Å². The van der Waals surface area contributed by atoms with Crippen molar-refractivity contribution in [3.8, 4) is 6.07 Å². The van der Waals surface area contributed by atoms with E-state index >= 15 is 0 Å². The molecule has 0 aliphatic carbocycles. The van der Waals surface area contributed by atoms with Crippen LogP contribution in [0.2, 0.25) is 0 Å². The Kier molecular flexibility index (Phi) is 22.9. The van der Waals surface area contributed by atoms with Crippen LogP contribution in [0.15, 0.2) is 254 Å². The number of nitrogens with one attached hydrogen (secondary N) is 1. The van der Waals surface area contributed by atoms with E-state index in [4.69, 9.17) is 15.6 Å². The number of nitriles is 1. The smallest absolute Gasteiger partial charge is 0.0134 e. The molecule has 0 fully saturated rings. The van der Waals surface area contributed by atoms with Crippen LogP contribution in [0.4, 0.5) is 0 Å². The van der Waals surface area contributed by atoms with Crippen LogP contribution in [0.5, 0.6) is 0 Å². The average Bonchev–Trinajstić information content (AvgIpc) is 3.38. The molecule has 0 atom stereocenters. The molecule has 0 amide bonds. The van der Waals surface area contributed by atoms with Gasteiger partial charge in [-0.05, 0) is 47.7 Å². The van der Waals surface area contributed by atoms with Gasteiger partial charge in [0.15, 0.2) is 5.78 Å². The van der Waals surface area contributed by atoms with Crippen molar-refractivity contribution >= 4 is 68.9 Å². The van der Waals surface area contributed by atoms with Crippen molar-refractivity contribution in [2.75, 3.05) is 0 Å². The minimum Gasteiger partial charge on any atom is -0.0622 e. The van der Waals surface area contributed by atoms with E-state index in [2.05, 4.69) is 198 Å². The molecule has 9 heteroatoms. The first-order valence-corrected chi connectivity index (χ1v) is 24.7. The Morgan fingerprint density at radius 2 is 0.672 bits per heavy atom. The monoisotopic (exact) mass is 978 g/mol. The van der Waals surface area contributed by atoms with Crippen molar-refractivity contribution in [3.05, 3.63) is 277 Å². The zero-order valence-electron chi connectivity index (χ0n) is 34.6. The molecule has 0 saturated carbocycles. The fourth-order valence-electron chi connectivity index (χ4n) is 6.32. The van der Waals surface area contributed by atoms with Gasteiger partial charge in [0, 0.05) is 17.5 Å². The summed E-state index contributed by atoms with van der Waals surface area (Å²) in [6.45, 7) is 4.50. The van der Waals surface area contributed by atoms with Gasteiger partial charge in [0.1, 0.15) is 6.07 Å². The van der Waals surface area contributed by atoms with Gasteiger partial charge < -0.3 is 5.73 Å². The van der Waals surface area contributed by atoms with E-state index in [0.29, 0.717) is 11.1 Å². The second-order valence-corrected chi connectivity index (χ2v) is 17.8. The molecule has 64 heavy (non-hydrogen) atoms. The van der Waals surface area contributed by atoms with Gasteiger partial charge in [-0.25, -0.2) is 0 Å². The van der Waals surface area contributed by atoms with Crippen molar-refractivity contribution in [2.45, 2.75) is 6.42 Å². The van der Waals surface area contributed by atoms with Crippen molar-refractivity contribution < 1.29 is 31.6 Å². The van der Waals surface area contributed by atoms with Crippen molar-refractivity contribution in [1.29, 1.82) is 5.26 Å². The summed E-state index contributed by atoms with van der Waals surface area (Å²) in [6, 6.07) is 83.2. The molecule has 0 aliphatic heterocycles. The zero-order chi connectivity index (χ0) is 45.8. The van der Waals surface area contributed by atoms with Crippen LogP contribution in [0.25, 0.3) is 5.73 Å². The van der Waals surface area contributed by atoms with E-state index in [-0.39, 0.29) is 23.5 Å². The standard InChI is InChI=1S/C18H14N2O2.2C18H15P.CO.ClH.Ru/c19-12-15(18(22)14-9-5-2-6-10-14)16(20)11-17(21)13-7-3-1-4-8-13;2*1-4-10-16(11-5-1)19(17-12-6-2-7-13-17)18-14-8-3-9-15-18;1-2;;/h1-10H,11H2,(H2,20,22);2*1-15H;;1H;/q;;;;;+2/p-2. The van der Waals surface area contributed by atoms with Crippen LogP contribution in [0.1, 0.15) is 27.1 Å². The fourth-order valence-corrected chi connectivity index (χ4v) is 10.9. The second-order valence-electron chi connectivity index (χ2n) is 13.3. The SMILES string of the molecule is N#C/C(C(=O)c1ccccc1)=C(/[NH-])CC(=O)c1ccccc1.[C-]#[O+].[Cl][Ru+].c1ccc(P(c2ccccc2)c2ccccc2)cc1.c1ccc(P(c2ccccc2)c2ccccc2)cc1. The molecule has 316 valence electrons. The quantitative estimate of drug-likeness (QED) is 0.0245. The molecule has 0 saturated heterocycles. The number of carbonyl (C=O) groups excluding carboxylic acids is 2. The van der Waals surface area contributed by atoms with E-state index in [1.165, 1.54) is 31.8 Å². The molecule has 0 bridgehead atoms. The Morgan fingerprint density at radius 1 is 0.453 bits per heavy atom. The molecule has 8 rings (SSSR count). The normalized spacial score (nSPS) is 10.3. The van der Waals surface area contributed by atoms with Crippen LogP contribution in [-0.4, -0.2) is 11.6 Å². The Hall–Kier alpha value is -6.36. The van der Waals surface area contributed by atoms with Crippen LogP contribution in [0, 0.1) is 18.0 Å². The molecule has 0 aromatic heterocycles. The first kappa shape index (κ1) is 50.3. The minimum absolute atomic E-state index is 0.259. The van der Waals surface area contributed by atoms with Gasteiger partial charge in [0.2, 0.25) is 5.78 Å². The summed E-state index contributed by atoms with van der Waals surface area (Å²) in [4.78, 5) is 24.3. The van der Waals surface area contributed by atoms with E-state index in [0.717, 1.165) is 0 Å². The van der Waals surface area contributed by atoms with Crippen molar-refractivity contribution in [2.24, 2.45) is 0 Å². The number of hydrogen-bond donors (Lipinski definition) is 0. The third-order valence-electron chi connectivity index (χ3n) is 9.20. The van der Waals surface area contributed by atoms with Gasteiger partial charge in [-0.3, -0.25) is 9.59 Å². The Balaban J connectivity index is 0.000000203. The predicted molar refractivity (Wildman–Crippen MR) is 263 cm³/mol. The molecule has 0 unspecified atom stereocenters. The van der Waals surface area contributed by atoms with Gasteiger partial charge in [-0.15, -0.1) is 5.70 Å². The molecule has 8 aromatic carbocycles. The molecule has 0 aliphatic rings.